The van der Waals surface area contributed by atoms with Crippen molar-refractivity contribution >= 4 is 34.6 Å². The Morgan fingerprint density at radius 2 is 1.92 bits per heavy atom. The van der Waals surface area contributed by atoms with E-state index in [2.05, 4.69) is 17.4 Å². The minimum Gasteiger partial charge on any atom is -0.550 e. The van der Waals surface area contributed by atoms with Gasteiger partial charge in [-0.1, -0.05) is 18.2 Å². The van der Waals surface area contributed by atoms with Crippen molar-refractivity contribution < 1.29 is 14.7 Å². The Kier molecular flexibility index (Phi) is 4.02. The van der Waals surface area contributed by atoms with Crippen molar-refractivity contribution in [1.29, 1.82) is 0 Å². The number of amides is 1. The minimum atomic E-state index is -1.11. The maximum Gasteiger partial charge on any atom is 0.224 e. The monoisotopic (exact) mass is 358 g/mol. The average molecular weight is 358 g/mol. The summed E-state index contributed by atoms with van der Waals surface area (Å²) in [5.74, 6) is -2.49. The van der Waals surface area contributed by atoms with Gasteiger partial charge >= 0.3 is 0 Å². The summed E-state index contributed by atoms with van der Waals surface area (Å²) in [7, 11) is 0. The van der Waals surface area contributed by atoms with Gasteiger partial charge in [-0.05, 0) is 41.8 Å². The number of aliphatic carboxylic acids is 1. The maximum absolute atomic E-state index is 12.5. The fourth-order valence-corrected chi connectivity index (χ4v) is 5.60. The molecule has 4 nitrogen and oxygen atoms in total. The van der Waals surface area contributed by atoms with E-state index in [9.17, 15) is 14.7 Å². The van der Waals surface area contributed by atoms with Crippen LogP contribution in [-0.2, 0) is 16.1 Å². The van der Waals surface area contributed by atoms with Crippen LogP contribution in [0.25, 0.3) is 9.75 Å². The van der Waals surface area contributed by atoms with Crippen LogP contribution in [0.5, 0.6) is 0 Å². The SMILES string of the molecule is O=C([O-])[C@@H]1[C@@H](C(=O)NCc2ccc(-c3cccs3)s2)[C@H]2C=C[C@H]1C2. The molecule has 24 heavy (non-hydrogen) atoms. The van der Waals surface area contributed by atoms with Crippen molar-refractivity contribution in [2.45, 2.75) is 13.0 Å². The van der Waals surface area contributed by atoms with Crippen LogP contribution in [0.1, 0.15) is 11.3 Å². The summed E-state index contributed by atoms with van der Waals surface area (Å²) < 4.78 is 0. The van der Waals surface area contributed by atoms with E-state index in [1.807, 2.05) is 29.7 Å². The van der Waals surface area contributed by atoms with Gasteiger partial charge in [-0.15, -0.1) is 22.7 Å². The van der Waals surface area contributed by atoms with Gasteiger partial charge in [-0.25, -0.2) is 0 Å². The van der Waals surface area contributed by atoms with Crippen LogP contribution in [0.2, 0.25) is 0 Å². The summed E-state index contributed by atoms with van der Waals surface area (Å²) in [6, 6.07) is 8.16. The number of carbonyl (C=O) groups excluding carboxylic acids is 2. The first-order valence-electron chi connectivity index (χ1n) is 7.93. The number of thiophene rings is 2. The molecule has 4 rings (SSSR count). The van der Waals surface area contributed by atoms with Crippen LogP contribution in [0.15, 0.2) is 41.8 Å². The molecular weight excluding hydrogens is 342 g/mol. The van der Waals surface area contributed by atoms with Gasteiger partial charge < -0.3 is 15.2 Å². The molecule has 0 spiro atoms. The van der Waals surface area contributed by atoms with Crippen LogP contribution in [0.3, 0.4) is 0 Å². The van der Waals surface area contributed by atoms with E-state index in [0.717, 1.165) is 11.3 Å². The van der Waals surface area contributed by atoms with Gasteiger partial charge in [0.15, 0.2) is 0 Å². The largest absolute Gasteiger partial charge is 0.550 e. The van der Waals surface area contributed by atoms with Crippen molar-refractivity contribution in [2.24, 2.45) is 23.7 Å². The summed E-state index contributed by atoms with van der Waals surface area (Å²) in [4.78, 5) is 27.4. The van der Waals surface area contributed by atoms with Crippen molar-refractivity contribution in [3.05, 3.63) is 46.7 Å². The second kappa shape index (κ2) is 6.18. The van der Waals surface area contributed by atoms with Crippen LogP contribution in [0, 0.1) is 23.7 Å². The average Bonchev–Trinajstić information content (AvgIpc) is 3.35. The first kappa shape index (κ1) is 15.6. The molecule has 0 aliphatic heterocycles. The summed E-state index contributed by atoms with van der Waals surface area (Å²) in [5, 5.41) is 16.4. The number of nitrogens with one attached hydrogen (secondary N) is 1. The molecular formula is C18H16NO3S2-. The second-order valence-electron chi connectivity index (χ2n) is 6.28. The third-order valence-corrected chi connectivity index (χ3v) is 7.05. The van der Waals surface area contributed by atoms with E-state index >= 15 is 0 Å². The molecule has 0 unspecified atom stereocenters. The summed E-state index contributed by atoms with van der Waals surface area (Å²) in [6.07, 6.45) is 4.65. The highest BCUT2D eigenvalue weighted by atomic mass is 32.1. The number of hydrogen-bond donors (Lipinski definition) is 1. The molecule has 2 aromatic heterocycles. The molecule has 0 radical (unpaired) electrons. The molecule has 6 heteroatoms. The Labute approximate surface area is 147 Å². The molecule has 2 bridgehead atoms. The topological polar surface area (TPSA) is 69.2 Å². The van der Waals surface area contributed by atoms with E-state index < -0.39 is 17.8 Å². The van der Waals surface area contributed by atoms with Crippen LogP contribution >= 0.6 is 22.7 Å². The van der Waals surface area contributed by atoms with Gasteiger partial charge in [-0.2, -0.15) is 0 Å². The van der Waals surface area contributed by atoms with E-state index in [1.54, 1.807) is 22.7 Å². The third kappa shape index (κ3) is 2.70. The summed E-state index contributed by atoms with van der Waals surface area (Å²) >= 11 is 3.34. The zero-order chi connectivity index (χ0) is 16.7. The predicted molar refractivity (Wildman–Crippen MR) is 92.2 cm³/mol. The van der Waals surface area contributed by atoms with Crippen molar-refractivity contribution in [1.82, 2.24) is 5.32 Å². The lowest BCUT2D eigenvalue weighted by atomic mass is 9.82. The fraction of sp³-hybridized carbons (Fsp3) is 0.333. The lowest BCUT2D eigenvalue weighted by molar-refractivity contribution is -0.313. The van der Waals surface area contributed by atoms with Gasteiger partial charge in [0.05, 0.1) is 12.5 Å². The van der Waals surface area contributed by atoms with Gasteiger partial charge in [0, 0.05) is 26.5 Å². The molecule has 0 aromatic carbocycles. The van der Waals surface area contributed by atoms with Gasteiger partial charge in [0.25, 0.3) is 0 Å². The molecule has 1 fully saturated rings. The Balaban J connectivity index is 1.42. The number of allylic oxidation sites excluding steroid dienone is 2. The van der Waals surface area contributed by atoms with Gasteiger partial charge in [0.1, 0.15) is 0 Å². The smallest absolute Gasteiger partial charge is 0.224 e. The Hall–Kier alpha value is -1.92. The Morgan fingerprint density at radius 1 is 1.12 bits per heavy atom. The zero-order valence-corrected chi connectivity index (χ0v) is 14.4. The standard InChI is InChI=1S/C18H17NO3S2/c20-17(15-10-3-4-11(8-10)16(15)18(21)22)19-9-12-5-6-14(24-12)13-2-1-7-23-13/h1-7,10-11,15-16H,8-9H2,(H,19,20)(H,21,22)/p-1/t10-,11-,15-,16-/m0/s1. The van der Waals surface area contributed by atoms with Gasteiger partial charge in [0.2, 0.25) is 5.91 Å². The highest BCUT2D eigenvalue weighted by molar-refractivity contribution is 7.21. The maximum atomic E-state index is 12.5. The Morgan fingerprint density at radius 3 is 2.62 bits per heavy atom. The molecule has 1 N–H and O–H groups in total. The highest BCUT2D eigenvalue weighted by Gasteiger charge is 2.48. The van der Waals surface area contributed by atoms with E-state index in [-0.39, 0.29) is 17.7 Å². The lowest BCUT2D eigenvalue weighted by Crippen LogP contribution is -2.44. The van der Waals surface area contributed by atoms with Crippen molar-refractivity contribution in [3.8, 4) is 9.75 Å². The fourth-order valence-electron chi connectivity index (χ4n) is 3.82. The second-order valence-corrected chi connectivity index (χ2v) is 8.40. The molecule has 2 aliphatic rings. The molecule has 2 aromatic rings. The van der Waals surface area contributed by atoms with E-state index in [1.165, 1.54) is 9.75 Å². The molecule has 1 amide bonds. The van der Waals surface area contributed by atoms with Crippen molar-refractivity contribution in [2.75, 3.05) is 0 Å². The number of fused-ring (bicyclic) bond motifs is 2. The number of carboxylic acids is 1. The Bertz CT molecular complexity index is 793. The predicted octanol–water partition coefficient (Wildman–Crippen LogP) is 2.28. The molecule has 1 saturated carbocycles. The third-order valence-electron chi connectivity index (χ3n) is 4.90. The summed E-state index contributed by atoms with van der Waals surface area (Å²) in [5.41, 5.74) is 0. The first-order valence-corrected chi connectivity index (χ1v) is 9.62. The molecule has 4 atom stereocenters. The lowest BCUT2D eigenvalue weighted by Gasteiger charge is -2.27. The molecule has 0 saturated heterocycles. The minimum absolute atomic E-state index is 0.0305. The highest BCUT2D eigenvalue weighted by Crippen LogP contribution is 2.47. The zero-order valence-electron chi connectivity index (χ0n) is 12.8. The molecule has 2 aliphatic carbocycles. The number of hydrogen-bond acceptors (Lipinski definition) is 5. The van der Waals surface area contributed by atoms with E-state index in [0.29, 0.717) is 6.54 Å². The van der Waals surface area contributed by atoms with Crippen LogP contribution < -0.4 is 10.4 Å². The van der Waals surface area contributed by atoms with Crippen molar-refractivity contribution in [3.63, 3.8) is 0 Å². The number of rotatable bonds is 5. The summed E-state index contributed by atoms with van der Waals surface area (Å²) in [6.45, 7) is 0.437. The number of carbonyl (C=O) groups is 2. The van der Waals surface area contributed by atoms with Crippen LogP contribution in [0.4, 0.5) is 0 Å². The first-order chi connectivity index (χ1) is 11.6. The quantitative estimate of drug-likeness (QED) is 0.834. The molecule has 2 heterocycles. The molecule has 124 valence electrons. The van der Waals surface area contributed by atoms with Crippen LogP contribution in [-0.4, -0.2) is 11.9 Å². The number of carboxylic acid groups (broad SMARTS) is 1. The van der Waals surface area contributed by atoms with Gasteiger partial charge in [-0.3, -0.25) is 4.79 Å². The normalized spacial score (nSPS) is 27.5. The van der Waals surface area contributed by atoms with E-state index in [4.69, 9.17) is 0 Å².